The van der Waals surface area contributed by atoms with E-state index in [-0.39, 0.29) is 17.2 Å². The van der Waals surface area contributed by atoms with E-state index in [9.17, 15) is 18.0 Å². The SMILES string of the molecule is COC(=O)COc1ccc(/C=N\NC(=O)CN(c2cccc(Cl)c2C)S(=O)(=O)c2ccc(C)cc2)cc1. The first-order chi connectivity index (χ1) is 17.6. The number of nitrogens with zero attached hydrogens (tertiary/aromatic N) is 2. The number of rotatable bonds is 10. The van der Waals surface area contributed by atoms with Gasteiger partial charge in [0.15, 0.2) is 6.61 Å². The minimum absolute atomic E-state index is 0.0447. The van der Waals surface area contributed by atoms with Gasteiger partial charge >= 0.3 is 5.97 Å². The number of carbonyl (C=O) groups excluding carboxylic acids is 2. The van der Waals surface area contributed by atoms with Gasteiger partial charge in [0.05, 0.1) is 23.9 Å². The molecule has 0 atom stereocenters. The van der Waals surface area contributed by atoms with Crippen molar-refractivity contribution in [2.24, 2.45) is 5.10 Å². The first-order valence-electron chi connectivity index (χ1n) is 11.1. The third-order valence-electron chi connectivity index (χ3n) is 5.27. The highest BCUT2D eigenvalue weighted by Crippen LogP contribution is 2.30. The van der Waals surface area contributed by atoms with Crippen molar-refractivity contribution >= 4 is 45.4 Å². The van der Waals surface area contributed by atoms with E-state index in [1.807, 2.05) is 6.92 Å². The second kappa shape index (κ2) is 12.4. The van der Waals surface area contributed by atoms with Gasteiger partial charge in [-0.1, -0.05) is 35.4 Å². The number of benzene rings is 3. The Labute approximate surface area is 220 Å². The molecule has 0 radical (unpaired) electrons. The molecule has 194 valence electrons. The van der Waals surface area contributed by atoms with Gasteiger partial charge in [-0.3, -0.25) is 9.10 Å². The molecule has 9 nitrogen and oxygen atoms in total. The van der Waals surface area contributed by atoms with Crippen LogP contribution >= 0.6 is 11.6 Å². The average molecular weight is 544 g/mol. The molecule has 37 heavy (non-hydrogen) atoms. The highest BCUT2D eigenvalue weighted by molar-refractivity contribution is 7.92. The summed E-state index contributed by atoms with van der Waals surface area (Å²) in [6.45, 7) is 2.80. The third kappa shape index (κ3) is 7.31. The van der Waals surface area contributed by atoms with Crippen LogP contribution in [-0.2, 0) is 24.3 Å². The first kappa shape index (κ1) is 27.7. The van der Waals surface area contributed by atoms with Crippen molar-refractivity contribution in [3.8, 4) is 5.75 Å². The van der Waals surface area contributed by atoms with E-state index in [2.05, 4.69) is 15.3 Å². The molecule has 0 aromatic heterocycles. The Kier molecular flexibility index (Phi) is 9.26. The summed E-state index contributed by atoms with van der Waals surface area (Å²) in [5, 5.41) is 4.30. The molecule has 1 amide bonds. The van der Waals surface area contributed by atoms with Crippen LogP contribution in [0, 0.1) is 13.8 Å². The van der Waals surface area contributed by atoms with Gasteiger partial charge in [-0.2, -0.15) is 5.10 Å². The predicted molar refractivity (Wildman–Crippen MR) is 142 cm³/mol. The zero-order chi connectivity index (χ0) is 27.0. The number of methoxy groups -OCH3 is 1. The van der Waals surface area contributed by atoms with Crippen LogP contribution in [0.15, 0.2) is 76.7 Å². The van der Waals surface area contributed by atoms with Crippen molar-refractivity contribution < 1.29 is 27.5 Å². The van der Waals surface area contributed by atoms with Crippen molar-refractivity contribution in [1.82, 2.24) is 5.43 Å². The summed E-state index contributed by atoms with van der Waals surface area (Å²) >= 11 is 6.24. The summed E-state index contributed by atoms with van der Waals surface area (Å²) in [6.07, 6.45) is 1.39. The van der Waals surface area contributed by atoms with Gasteiger partial charge in [0, 0.05) is 5.02 Å². The van der Waals surface area contributed by atoms with Crippen LogP contribution in [0.4, 0.5) is 5.69 Å². The van der Waals surface area contributed by atoms with Crippen LogP contribution in [0.1, 0.15) is 16.7 Å². The zero-order valence-corrected chi connectivity index (χ0v) is 22.0. The molecule has 3 aromatic rings. The van der Waals surface area contributed by atoms with Crippen molar-refractivity contribution in [2.45, 2.75) is 18.7 Å². The molecule has 11 heteroatoms. The molecule has 0 aliphatic carbocycles. The molecule has 0 aliphatic rings. The summed E-state index contributed by atoms with van der Waals surface area (Å²) in [5.74, 6) is -0.690. The van der Waals surface area contributed by atoms with E-state index < -0.39 is 28.4 Å². The molecular formula is C26H26ClN3O6S. The lowest BCUT2D eigenvalue weighted by molar-refractivity contribution is -0.142. The topological polar surface area (TPSA) is 114 Å². The number of hydrogen-bond donors (Lipinski definition) is 1. The fraction of sp³-hybridized carbons (Fsp3) is 0.192. The standard InChI is InChI=1S/C26H26ClN3O6S/c1-18-7-13-22(14-8-18)37(33,34)30(24-6-4-5-23(27)19(24)2)16-25(31)29-28-15-20-9-11-21(12-10-20)36-17-26(32)35-3/h4-15H,16-17H2,1-3H3,(H,29,31)/b28-15-. The Hall–Kier alpha value is -3.89. The smallest absolute Gasteiger partial charge is 0.343 e. The summed E-state index contributed by atoms with van der Waals surface area (Å²) in [4.78, 5) is 24.0. The van der Waals surface area contributed by atoms with E-state index in [1.54, 1.807) is 61.5 Å². The zero-order valence-electron chi connectivity index (χ0n) is 20.5. The molecule has 0 aliphatic heterocycles. The van der Waals surface area contributed by atoms with E-state index in [0.29, 0.717) is 21.9 Å². The summed E-state index contributed by atoms with van der Waals surface area (Å²) < 4.78 is 37.8. The second-order valence-electron chi connectivity index (χ2n) is 7.94. The maximum absolute atomic E-state index is 13.5. The lowest BCUT2D eigenvalue weighted by Gasteiger charge is -2.25. The molecule has 0 spiro atoms. The number of hydrogen-bond acceptors (Lipinski definition) is 7. The van der Waals surface area contributed by atoms with E-state index in [4.69, 9.17) is 16.3 Å². The van der Waals surface area contributed by atoms with Crippen molar-refractivity contribution in [3.63, 3.8) is 0 Å². The van der Waals surface area contributed by atoms with Crippen LogP contribution in [-0.4, -0.2) is 46.8 Å². The van der Waals surface area contributed by atoms with Gasteiger partial charge in [0.25, 0.3) is 15.9 Å². The summed E-state index contributed by atoms with van der Waals surface area (Å²) in [5.41, 5.74) is 4.71. The molecule has 0 saturated carbocycles. The molecule has 3 rings (SSSR count). The first-order valence-corrected chi connectivity index (χ1v) is 12.9. The van der Waals surface area contributed by atoms with E-state index in [0.717, 1.165) is 9.87 Å². The Morgan fingerprint density at radius 2 is 1.70 bits per heavy atom. The van der Waals surface area contributed by atoms with Gasteiger partial charge in [-0.25, -0.2) is 18.6 Å². The molecule has 1 N–H and O–H groups in total. The number of esters is 1. The lowest BCUT2D eigenvalue weighted by Crippen LogP contribution is -2.40. The molecule has 0 bridgehead atoms. The fourth-order valence-electron chi connectivity index (χ4n) is 3.20. The Morgan fingerprint density at radius 3 is 2.35 bits per heavy atom. The Morgan fingerprint density at radius 1 is 1.03 bits per heavy atom. The number of anilines is 1. The number of ether oxygens (including phenoxy) is 2. The van der Waals surface area contributed by atoms with Gasteiger partial charge < -0.3 is 9.47 Å². The normalized spacial score (nSPS) is 11.2. The number of hydrazone groups is 1. The average Bonchev–Trinajstić information content (AvgIpc) is 2.88. The molecule has 0 saturated heterocycles. The molecule has 0 unspecified atom stereocenters. The van der Waals surface area contributed by atoms with Crippen LogP contribution < -0.4 is 14.5 Å². The number of nitrogens with one attached hydrogen (secondary N) is 1. The maximum Gasteiger partial charge on any atom is 0.343 e. The quantitative estimate of drug-likeness (QED) is 0.236. The van der Waals surface area contributed by atoms with Gasteiger partial charge in [-0.05, 0) is 73.5 Å². The van der Waals surface area contributed by atoms with Crippen molar-refractivity contribution in [1.29, 1.82) is 0 Å². The van der Waals surface area contributed by atoms with Crippen LogP contribution in [0.5, 0.6) is 5.75 Å². The van der Waals surface area contributed by atoms with Gasteiger partial charge in [0.1, 0.15) is 12.3 Å². The van der Waals surface area contributed by atoms with Crippen molar-refractivity contribution in [3.05, 3.63) is 88.4 Å². The van der Waals surface area contributed by atoms with Gasteiger partial charge in [0.2, 0.25) is 0 Å². The molecule has 0 fully saturated rings. The van der Waals surface area contributed by atoms with Crippen LogP contribution in [0.3, 0.4) is 0 Å². The minimum atomic E-state index is -4.09. The minimum Gasteiger partial charge on any atom is -0.482 e. The highest BCUT2D eigenvalue weighted by atomic mass is 35.5. The number of sulfonamides is 1. The molecule has 3 aromatic carbocycles. The number of halogens is 1. The maximum atomic E-state index is 13.5. The number of carbonyl (C=O) groups is 2. The van der Waals surface area contributed by atoms with Crippen LogP contribution in [0.25, 0.3) is 0 Å². The third-order valence-corrected chi connectivity index (χ3v) is 7.45. The Bertz CT molecular complexity index is 1390. The monoisotopic (exact) mass is 543 g/mol. The summed E-state index contributed by atoms with van der Waals surface area (Å²) in [7, 11) is -2.81. The fourth-order valence-corrected chi connectivity index (χ4v) is 4.85. The van der Waals surface area contributed by atoms with E-state index in [1.165, 1.54) is 25.5 Å². The molecular weight excluding hydrogens is 518 g/mol. The molecule has 0 heterocycles. The largest absolute Gasteiger partial charge is 0.482 e. The predicted octanol–water partition coefficient (Wildman–Crippen LogP) is 3.85. The number of aryl methyl sites for hydroxylation is 1. The van der Waals surface area contributed by atoms with Gasteiger partial charge in [-0.15, -0.1) is 0 Å². The van der Waals surface area contributed by atoms with Crippen LogP contribution in [0.2, 0.25) is 5.02 Å². The summed E-state index contributed by atoms with van der Waals surface area (Å²) in [6, 6.07) is 17.8. The van der Waals surface area contributed by atoms with E-state index >= 15 is 0 Å². The van der Waals surface area contributed by atoms with Crippen molar-refractivity contribution in [2.75, 3.05) is 24.6 Å². The Balaban J connectivity index is 1.75. The number of amides is 1. The lowest BCUT2D eigenvalue weighted by atomic mass is 10.2. The second-order valence-corrected chi connectivity index (χ2v) is 10.2. The highest BCUT2D eigenvalue weighted by Gasteiger charge is 2.28.